The molecule has 0 aromatic carbocycles. The van der Waals surface area contributed by atoms with Crippen molar-refractivity contribution in [2.24, 2.45) is 0 Å². The van der Waals surface area contributed by atoms with Gasteiger partial charge in [-0.25, -0.2) is 9.97 Å². The zero-order valence-electron chi connectivity index (χ0n) is 12.4. The van der Waals surface area contributed by atoms with Crippen molar-refractivity contribution in [1.29, 1.82) is 0 Å². The zero-order chi connectivity index (χ0) is 16.1. The highest BCUT2D eigenvalue weighted by Crippen LogP contribution is 2.16. The lowest BCUT2D eigenvalue weighted by atomic mass is 10.3. The minimum Gasteiger partial charge on any atom is -0.491 e. The van der Waals surface area contributed by atoms with E-state index in [1.54, 1.807) is 36.7 Å². The van der Waals surface area contributed by atoms with Gasteiger partial charge in [-0.05, 0) is 31.2 Å². The Morgan fingerprint density at radius 1 is 1.39 bits per heavy atom. The Kier molecular flexibility index (Phi) is 4.32. The van der Waals surface area contributed by atoms with Gasteiger partial charge < -0.3 is 14.5 Å². The first-order valence-corrected chi connectivity index (χ1v) is 7.09. The molecule has 3 heterocycles. The molecule has 23 heavy (non-hydrogen) atoms. The van der Waals surface area contributed by atoms with E-state index in [1.165, 1.54) is 0 Å². The first-order valence-electron chi connectivity index (χ1n) is 7.09. The van der Waals surface area contributed by atoms with Gasteiger partial charge in [-0.15, -0.1) is 5.10 Å². The number of aromatic nitrogens is 4. The standard InChI is InChI=1S/C15H15N5O3/c1-2-22-10-5-3-7-16-13(10)15(21)17-9-12-18-14(20-19-12)11-6-4-8-23-11/h3-8H,2,9H2,1H3,(H,17,21)(H,18,19,20). The second-order valence-corrected chi connectivity index (χ2v) is 4.55. The maximum atomic E-state index is 12.2. The van der Waals surface area contributed by atoms with Crippen LogP contribution in [0.2, 0.25) is 0 Å². The zero-order valence-corrected chi connectivity index (χ0v) is 12.4. The third-order valence-corrected chi connectivity index (χ3v) is 2.98. The van der Waals surface area contributed by atoms with Crippen LogP contribution in [-0.2, 0) is 6.54 Å². The van der Waals surface area contributed by atoms with Crippen LogP contribution in [0.3, 0.4) is 0 Å². The molecule has 0 radical (unpaired) electrons. The molecule has 0 aliphatic heterocycles. The predicted molar refractivity (Wildman–Crippen MR) is 80.7 cm³/mol. The highest BCUT2D eigenvalue weighted by Gasteiger charge is 2.15. The molecule has 118 valence electrons. The molecular formula is C15H15N5O3. The molecular weight excluding hydrogens is 298 g/mol. The Balaban J connectivity index is 1.65. The Morgan fingerprint density at radius 2 is 2.30 bits per heavy atom. The van der Waals surface area contributed by atoms with Gasteiger partial charge in [0.25, 0.3) is 5.91 Å². The van der Waals surface area contributed by atoms with Gasteiger partial charge in [0.05, 0.1) is 19.4 Å². The van der Waals surface area contributed by atoms with E-state index in [0.717, 1.165) is 0 Å². The van der Waals surface area contributed by atoms with Crippen molar-refractivity contribution < 1.29 is 13.9 Å². The van der Waals surface area contributed by atoms with Crippen LogP contribution >= 0.6 is 0 Å². The fraction of sp³-hybridized carbons (Fsp3) is 0.200. The topological polar surface area (TPSA) is 106 Å². The average molecular weight is 313 g/mol. The second-order valence-electron chi connectivity index (χ2n) is 4.55. The Bertz CT molecular complexity index is 782. The molecule has 0 spiro atoms. The number of H-pyrrole nitrogens is 1. The molecule has 0 saturated carbocycles. The molecule has 0 aliphatic carbocycles. The Labute approximate surface area is 131 Å². The Morgan fingerprint density at radius 3 is 3.09 bits per heavy atom. The molecule has 8 nitrogen and oxygen atoms in total. The quantitative estimate of drug-likeness (QED) is 0.718. The van der Waals surface area contributed by atoms with Crippen LogP contribution in [0.5, 0.6) is 5.75 Å². The van der Waals surface area contributed by atoms with E-state index >= 15 is 0 Å². The van der Waals surface area contributed by atoms with E-state index in [-0.39, 0.29) is 18.1 Å². The molecule has 3 aromatic heterocycles. The van der Waals surface area contributed by atoms with Crippen LogP contribution in [0.4, 0.5) is 0 Å². The molecule has 3 rings (SSSR count). The summed E-state index contributed by atoms with van der Waals surface area (Å²) in [5, 5.41) is 9.51. The summed E-state index contributed by atoms with van der Waals surface area (Å²) in [5.74, 6) is 1.61. The van der Waals surface area contributed by atoms with Gasteiger partial charge in [-0.1, -0.05) is 0 Å². The normalized spacial score (nSPS) is 10.5. The van der Waals surface area contributed by atoms with Crippen LogP contribution in [0.15, 0.2) is 41.1 Å². The number of aromatic amines is 1. The summed E-state index contributed by atoms with van der Waals surface area (Å²) in [6.45, 7) is 2.49. The number of pyridine rings is 1. The highest BCUT2D eigenvalue weighted by atomic mass is 16.5. The van der Waals surface area contributed by atoms with Gasteiger partial charge in [0.1, 0.15) is 5.82 Å². The number of carbonyl (C=O) groups is 1. The summed E-state index contributed by atoms with van der Waals surface area (Å²) in [5.41, 5.74) is 0.236. The first-order chi connectivity index (χ1) is 11.3. The van der Waals surface area contributed by atoms with E-state index in [9.17, 15) is 4.79 Å². The van der Waals surface area contributed by atoms with Gasteiger partial charge in [0.15, 0.2) is 17.2 Å². The largest absolute Gasteiger partial charge is 0.491 e. The minimum absolute atomic E-state index is 0.189. The molecule has 0 aliphatic rings. The van der Waals surface area contributed by atoms with Crippen LogP contribution in [0.1, 0.15) is 23.2 Å². The lowest BCUT2D eigenvalue weighted by molar-refractivity contribution is 0.0940. The Hall–Kier alpha value is -3.16. The summed E-state index contributed by atoms with van der Waals surface area (Å²) in [6, 6.07) is 6.93. The van der Waals surface area contributed by atoms with Crippen LogP contribution in [-0.4, -0.2) is 32.7 Å². The van der Waals surface area contributed by atoms with E-state index < -0.39 is 0 Å². The summed E-state index contributed by atoms with van der Waals surface area (Å²) in [6.07, 6.45) is 3.09. The maximum absolute atomic E-state index is 12.2. The third kappa shape index (κ3) is 3.37. The van der Waals surface area contributed by atoms with Gasteiger partial charge in [-0.3, -0.25) is 9.89 Å². The summed E-state index contributed by atoms with van der Waals surface area (Å²) in [4.78, 5) is 20.5. The number of furan rings is 1. The number of nitrogens with one attached hydrogen (secondary N) is 2. The maximum Gasteiger partial charge on any atom is 0.274 e. The molecule has 0 saturated heterocycles. The highest BCUT2D eigenvalue weighted by molar-refractivity contribution is 5.94. The number of hydrogen-bond acceptors (Lipinski definition) is 6. The van der Waals surface area contributed by atoms with Crippen LogP contribution in [0.25, 0.3) is 11.6 Å². The van der Waals surface area contributed by atoms with Crippen molar-refractivity contribution in [3.05, 3.63) is 48.2 Å². The smallest absolute Gasteiger partial charge is 0.274 e. The number of hydrogen-bond donors (Lipinski definition) is 2. The number of carbonyl (C=O) groups excluding carboxylic acids is 1. The summed E-state index contributed by atoms with van der Waals surface area (Å²) >= 11 is 0. The van der Waals surface area contributed by atoms with Crippen LogP contribution in [0, 0.1) is 0 Å². The van der Waals surface area contributed by atoms with Crippen LogP contribution < -0.4 is 10.1 Å². The van der Waals surface area contributed by atoms with E-state index in [0.29, 0.717) is 29.8 Å². The molecule has 0 bridgehead atoms. The fourth-order valence-corrected chi connectivity index (χ4v) is 1.97. The third-order valence-electron chi connectivity index (χ3n) is 2.98. The molecule has 0 atom stereocenters. The van der Waals surface area contributed by atoms with Crippen molar-refractivity contribution in [3.63, 3.8) is 0 Å². The van der Waals surface area contributed by atoms with Crippen molar-refractivity contribution in [3.8, 4) is 17.3 Å². The van der Waals surface area contributed by atoms with E-state index in [4.69, 9.17) is 9.15 Å². The average Bonchev–Trinajstić information content (AvgIpc) is 3.24. The number of nitrogens with zero attached hydrogens (tertiary/aromatic N) is 3. The fourth-order valence-electron chi connectivity index (χ4n) is 1.97. The van der Waals surface area contributed by atoms with Gasteiger partial charge in [0.2, 0.25) is 5.82 Å². The van der Waals surface area contributed by atoms with Gasteiger partial charge >= 0.3 is 0 Å². The molecule has 3 aromatic rings. The van der Waals surface area contributed by atoms with Gasteiger partial charge in [0, 0.05) is 6.20 Å². The summed E-state index contributed by atoms with van der Waals surface area (Å²) < 4.78 is 10.6. The van der Waals surface area contributed by atoms with Gasteiger partial charge in [-0.2, -0.15) is 0 Å². The van der Waals surface area contributed by atoms with Crippen molar-refractivity contribution in [2.45, 2.75) is 13.5 Å². The molecule has 0 fully saturated rings. The molecule has 1 amide bonds. The van der Waals surface area contributed by atoms with E-state index in [2.05, 4.69) is 25.5 Å². The molecule has 0 unspecified atom stereocenters. The summed E-state index contributed by atoms with van der Waals surface area (Å²) in [7, 11) is 0. The van der Waals surface area contributed by atoms with Crippen molar-refractivity contribution >= 4 is 5.91 Å². The minimum atomic E-state index is -0.343. The lowest BCUT2D eigenvalue weighted by Crippen LogP contribution is -2.25. The van der Waals surface area contributed by atoms with Crippen molar-refractivity contribution in [2.75, 3.05) is 6.61 Å². The molecule has 8 heteroatoms. The number of ether oxygens (including phenoxy) is 1. The predicted octanol–water partition coefficient (Wildman–Crippen LogP) is 1.79. The number of amides is 1. The molecule has 2 N–H and O–H groups in total. The lowest BCUT2D eigenvalue weighted by Gasteiger charge is -2.08. The number of rotatable bonds is 6. The monoisotopic (exact) mass is 313 g/mol. The van der Waals surface area contributed by atoms with E-state index in [1.807, 2.05) is 6.92 Å². The SMILES string of the molecule is CCOc1cccnc1C(=O)NCc1nc(-c2ccco2)n[nH]1. The first kappa shape index (κ1) is 14.8. The van der Waals surface area contributed by atoms with Crippen molar-refractivity contribution in [1.82, 2.24) is 25.5 Å². The second kappa shape index (κ2) is 6.73.